The van der Waals surface area contributed by atoms with Crippen LogP contribution in [-0.4, -0.2) is 33.5 Å². The molecule has 1 aromatic carbocycles. The first-order chi connectivity index (χ1) is 16.8. The van der Waals surface area contributed by atoms with Crippen LogP contribution in [0.25, 0.3) is 11.4 Å². The summed E-state index contributed by atoms with van der Waals surface area (Å²) in [6.07, 6.45) is 4.09. The lowest BCUT2D eigenvalue weighted by Gasteiger charge is -2.36. The molecule has 0 radical (unpaired) electrons. The minimum Gasteiger partial charge on any atom is -0.496 e. The van der Waals surface area contributed by atoms with Gasteiger partial charge in [-0.2, -0.15) is 5.26 Å². The predicted molar refractivity (Wildman–Crippen MR) is 141 cm³/mol. The number of fused-ring (bicyclic) bond motifs is 1. The summed E-state index contributed by atoms with van der Waals surface area (Å²) in [5.74, 6) is 2.01. The third-order valence-electron chi connectivity index (χ3n) is 7.16. The van der Waals surface area contributed by atoms with Gasteiger partial charge < -0.3 is 14.6 Å². The van der Waals surface area contributed by atoms with Crippen molar-refractivity contribution in [2.45, 2.75) is 51.6 Å². The standard InChI is InChI=1S/C26H31N5O2S2/c1-6-26(2,3)16-11-12-17-19(14-27)24(35-21(17)13-16)28-22(32)15-34-25-30-29-23(31(25)4)18-9-7-8-10-20(18)33-5/h7-10,16H,6,11-13,15H2,1-5H3,(H,28,32). The number of hydrogen-bond donors (Lipinski definition) is 1. The van der Waals surface area contributed by atoms with E-state index in [1.165, 1.54) is 16.6 Å². The Morgan fingerprint density at radius 2 is 2.14 bits per heavy atom. The number of amides is 1. The minimum atomic E-state index is -0.155. The number of aromatic nitrogens is 3. The Morgan fingerprint density at radius 1 is 1.37 bits per heavy atom. The second-order valence-corrected chi connectivity index (χ2v) is 11.6. The minimum absolute atomic E-state index is 0.155. The van der Waals surface area contributed by atoms with Gasteiger partial charge in [0.2, 0.25) is 5.91 Å². The van der Waals surface area contributed by atoms with Gasteiger partial charge in [-0.05, 0) is 48.3 Å². The van der Waals surface area contributed by atoms with Crippen molar-refractivity contribution in [2.24, 2.45) is 18.4 Å². The summed E-state index contributed by atoms with van der Waals surface area (Å²) in [5, 5.41) is 22.7. The van der Waals surface area contributed by atoms with Crippen LogP contribution in [0.2, 0.25) is 0 Å². The quantitative estimate of drug-likeness (QED) is 0.392. The second-order valence-electron chi connectivity index (χ2n) is 9.50. The first-order valence-corrected chi connectivity index (χ1v) is 13.6. The number of hydrogen-bond acceptors (Lipinski definition) is 7. The molecule has 3 aromatic rings. The van der Waals surface area contributed by atoms with Crippen LogP contribution in [0.3, 0.4) is 0 Å². The van der Waals surface area contributed by atoms with E-state index < -0.39 is 0 Å². The van der Waals surface area contributed by atoms with E-state index in [9.17, 15) is 10.1 Å². The number of benzene rings is 1. The number of anilines is 1. The molecule has 2 heterocycles. The Labute approximate surface area is 214 Å². The molecule has 2 aromatic heterocycles. The molecule has 1 atom stereocenters. The smallest absolute Gasteiger partial charge is 0.235 e. The summed E-state index contributed by atoms with van der Waals surface area (Å²) in [7, 11) is 3.50. The fraction of sp³-hybridized carbons (Fsp3) is 0.462. The molecular formula is C26H31N5O2S2. The van der Waals surface area contributed by atoms with E-state index in [1.54, 1.807) is 18.4 Å². The van der Waals surface area contributed by atoms with Crippen LogP contribution in [0.15, 0.2) is 29.4 Å². The van der Waals surface area contributed by atoms with E-state index in [1.807, 2.05) is 35.9 Å². The Morgan fingerprint density at radius 3 is 2.86 bits per heavy atom. The van der Waals surface area contributed by atoms with Gasteiger partial charge in [0.25, 0.3) is 0 Å². The van der Waals surface area contributed by atoms with Gasteiger partial charge in [0.1, 0.15) is 16.8 Å². The molecule has 0 spiro atoms. The number of methoxy groups -OCH3 is 1. The van der Waals surface area contributed by atoms with Crippen molar-refractivity contribution in [1.82, 2.24) is 14.8 Å². The molecule has 4 rings (SSSR count). The monoisotopic (exact) mass is 509 g/mol. The molecule has 1 unspecified atom stereocenters. The molecule has 0 saturated carbocycles. The normalized spacial score (nSPS) is 15.4. The number of carbonyl (C=O) groups is 1. The molecule has 7 nitrogen and oxygen atoms in total. The highest BCUT2D eigenvalue weighted by Crippen LogP contribution is 2.45. The van der Waals surface area contributed by atoms with Crippen molar-refractivity contribution in [2.75, 3.05) is 18.2 Å². The zero-order valence-corrected chi connectivity index (χ0v) is 22.5. The molecule has 9 heteroatoms. The highest BCUT2D eigenvalue weighted by Gasteiger charge is 2.34. The lowest BCUT2D eigenvalue weighted by molar-refractivity contribution is -0.113. The van der Waals surface area contributed by atoms with Crippen LogP contribution in [0, 0.1) is 22.7 Å². The topological polar surface area (TPSA) is 92.8 Å². The first-order valence-electron chi connectivity index (χ1n) is 11.8. The number of nitrogens with one attached hydrogen (secondary N) is 1. The molecule has 1 amide bonds. The first kappa shape index (κ1) is 25.3. The number of nitriles is 1. The van der Waals surface area contributed by atoms with E-state index in [4.69, 9.17) is 4.74 Å². The number of nitrogens with zero attached hydrogens (tertiary/aromatic N) is 4. The summed E-state index contributed by atoms with van der Waals surface area (Å²) in [6.45, 7) is 6.89. The summed E-state index contributed by atoms with van der Waals surface area (Å²) < 4.78 is 7.30. The van der Waals surface area contributed by atoms with Crippen molar-refractivity contribution in [3.8, 4) is 23.2 Å². The Kier molecular flexibility index (Phi) is 7.53. The van der Waals surface area contributed by atoms with Crippen LogP contribution < -0.4 is 10.1 Å². The summed E-state index contributed by atoms with van der Waals surface area (Å²) in [4.78, 5) is 14.1. The third kappa shape index (κ3) is 5.09. The number of thiophene rings is 1. The van der Waals surface area contributed by atoms with Crippen molar-refractivity contribution >= 4 is 34.0 Å². The van der Waals surface area contributed by atoms with Crippen molar-refractivity contribution in [3.63, 3.8) is 0 Å². The van der Waals surface area contributed by atoms with Gasteiger partial charge in [-0.3, -0.25) is 4.79 Å². The number of carbonyl (C=O) groups excluding carboxylic acids is 1. The van der Waals surface area contributed by atoms with Crippen molar-refractivity contribution in [3.05, 3.63) is 40.3 Å². The molecule has 35 heavy (non-hydrogen) atoms. The van der Waals surface area contributed by atoms with E-state index in [0.717, 1.165) is 36.8 Å². The van der Waals surface area contributed by atoms with Crippen LogP contribution in [-0.2, 0) is 24.7 Å². The number of thioether (sulfide) groups is 1. The summed E-state index contributed by atoms with van der Waals surface area (Å²) in [5.41, 5.74) is 2.87. The van der Waals surface area contributed by atoms with Gasteiger partial charge in [0, 0.05) is 11.9 Å². The maximum Gasteiger partial charge on any atom is 0.235 e. The summed E-state index contributed by atoms with van der Waals surface area (Å²) >= 11 is 2.88. The van der Waals surface area contributed by atoms with E-state index in [2.05, 4.69) is 42.4 Å². The van der Waals surface area contributed by atoms with E-state index >= 15 is 0 Å². The van der Waals surface area contributed by atoms with Gasteiger partial charge in [0.05, 0.1) is 24.0 Å². The molecule has 0 fully saturated rings. The Bertz CT molecular complexity index is 1270. The fourth-order valence-corrected chi connectivity index (χ4v) is 6.55. The van der Waals surface area contributed by atoms with Crippen LogP contribution in [0.1, 0.15) is 49.6 Å². The molecule has 0 bridgehead atoms. The highest BCUT2D eigenvalue weighted by molar-refractivity contribution is 7.99. The fourth-order valence-electron chi connectivity index (χ4n) is 4.55. The second kappa shape index (κ2) is 10.4. The molecule has 1 aliphatic carbocycles. The van der Waals surface area contributed by atoms with E-state index in [-0.39, 0.29) is 17.1 Å². The lowest BCUT2D eigenvalue weighted by Crippen LogP contribution is -2.28. The van der Waals surface area contributed by atoms with Crippen molar-refractivity contribution < 1.29 is 9.53 Å². The maximum absolute atomic E-state index is 12.8. The summed E-state index contributed by atoms with van der Waals surface area (Å²) in [6, 6.07) is 9.98. The number of ether oxygens (including phenoxy) is 1. The molecule has 184 valence electrons. The van der Waals surface area contributed by atoms with Crippen LogP contribution in [0.4, 0.5) is 5.00 Å². The molecule has 0 saturated heterocycles. The van der Waals surface area contributed by atoms with E-state index in [0.29, 0.717) is 33.2 Å². The SMILES string of the molecule is CCC(C)(C)C1CCc2c(sc(NC(=O)CSc3nnc(-c4ccccc4OC)n3C)c2C#N)C1. The molecule has 0 aliphatic heterocycles. The van der Waals surface area contributed by atoms with Gasteiger partial charge in [-0.15, -0.1) is 21.5 Å². The predicted octanol–water partition coefficient (Wildman–Crippen LogP) is 5.70. The Hall–Kier alpha value is -2.83. The largest absolute Gasteiger partial charge is 0.496 e. The zero-order chi connectivity index (χ0) is 25.2. The average Bonchev–Trinajstić information content (AvgIpc) is 3.40. The third-order valence-corrected chi connectivity index (χ3v) is 9.35. The van der Waals surface area contributed by atoms with Gasteiger partial charge >= 0.3 is 0 Å². The zero-order valence-electron chi connectivity index (χ0n) is 20.8. The van der Waals surface area contributed by atoms with Gasteiger partial charge in [-0.25, -0.2) is 0 Å². The Balaban J connectivity index is 1.44. The molecule has 1 aliphatic rings. The highest BCUT2D eigenvalue weighted by atomic mass is 32.2. The van der Waals surface area contributed by atoms with Crippen molar-refractivity contribution in [1.29, 1.82) is 5.26 Å². The average molecular weight is 510 g/mol. The van der Waals surface area contributed by atoms with Gasteiger partial charge in [-0.1, -0.05) is 51.1 Å². The van der Waals surface area contributed by atoms with Crippen LogP contribution in [0.5, 0.6) is 5.75 Å². The maximum atomic E-state index is 12.8. The molecular weight excluding hydrogens is 478 g/mol. The molecule has 1 N–H and O–H groups in total. The number of rotatable bonds is 8. The van der Waals surface area contributed by atoms with Crippen LogP contribution >= 0.6 is 23.1 Å². The lowest BCUT2D eigenvalue weighted by atomic mass is 9.69. The van der Waals surface area contributed by atoms with Gasteiger partial charge in [0.15, 0.2) is 11.0 Å². The number of para-hydroxylation sites is 1.